The van der Waals surface area contributed by atoms with E-state index in [-0.39, 0.29) is 40.4 Å². The van der Waals surface area contributed by atoms with Gasteiger partial charge < -0.3 is 10.1 Å². The van der Waals surface area contributed by atoms with E-state index >= 15 is 0 Å². The van der Waals surface area contributed by atoms with E-state index in [0.717, 1.165) is 23.8 Å². The summed E-state index contributed by atoms with van der Waals surface area (Å²) < 4.78 is 72.5. The lowest BCUT2D eigenvalue weighted by molar-refractivity contribution is -0.137. The standard InChI is InChI=1S/C25H29F3N4O4S2/c1-6-36-20-13-17(25(26,27)28)9-12-19(20)21(33)29-14-24(4,5)16-7-10-18(11-8-16)38(34,35)32-23-31-30-22(37-23)15(2)3/h7-13,15H,6,14H2,1-5H3,(H,29,33)(H,31,32). The van der Waals surface area contributed by atoms with Crippen LogP contribution in [0.1, 0.15) is 67.0 Å². The van der Waals surface area contributed by atoms with Crippen molar-refractivity contribution in [3.8, 4) is 5.75 Å². The van der Waals surface area contributed by atoms with Crippen molar-refractivity contribution in [2.75, 3.05) is 17.9 Å². The van der Waals surface area contributed by atoms with Crippen molar-refractivity contribution in [2.24, 2.45) is 0 Å². The molecule has 0 saturated carbocycles. The molecule has 0 saturated heterocycles. The molecular weight excluding hydrogens is 541 g/mol. The Bertz CT molecular complexity index is 1390. The number of ether oxygens (including phenoxy) is 1. The number of aromatic nitrogens is 2. The number of sulfonamides is 1. The van der Waals surface area contributed by atoms with Crippen molar-refractivity contribution in [2.45, 2.75) is 57.0 Å². The first-order chi connectivity index (χ1) is 17.6. The zero-order chi connectivity index (χ0) is 28.3. The molecule has 1 amide bonds. The number of amides is 1. The third-order valence-corrected chi connectivity index (χ3v) is 8.27. The predicted molar refractivity (Wildman–Crippen MR) is 139 cm³/mol. The summed E-state index contributed by atoms with van der Waals surface area (Å²) in [7, 11) is -3.88. The Balaban J connectivity index is 1.71. The number of nitrogens with one attached hydrogen (secondary N) is 2. The Kier molecular flexibility index (Phi) is 8.72. The van der Waals surface area contributed by atoms with Crippen molar-refractivity contribution in [1.82, 2.24) is 15.5 Å². The van der Waals surface area contributed by atoms with Crippen molar-refractivity contribution in [1.29, 1.82) is 0 Å². The molecular formula is C25H29F3N4O4S2. The van der Waals surface area contributed by atoms with E-state index in [1.54, 1.807) is 19.1 Å². The minimum atomic E-state index is -4.56. The van der Waals surface area contributed by atoms with Crippen molar-refractivity contribution in [3.05, 3.63) is 64.2 Å². The Morgan fingerprint density at radius 3 is 2.24 bits per heavy atom. The van der Waals surface area contributed by atoms with Crippen LogP contribution in [-0.4, -0.2) is 37.7 Å². The van der Waals surface area contributed by atoms with E-state index in [9.17, 15) is 26.4 Å². The Hall–Kier alpha value is -3.19. The van der Waals surface area contributed by atoms with Crippen LogP contribution in [-0.2, 0) is 21.6 Å². The lowest BCUT2D eigenvalue weighted by atomic mass is 9.84. The summed E-state index contributed by atoms with van der Waals surface area (Å²) in [6, 6.07) is 8.92. The first-order valence-corrected chi connectivity index (χ1v) is 14.0. The van der Waals surface area contributed by atoms with Crippen LogP contribution in [0, 0.1) is 0 Å². The monoisotopic (exact) mass is 570 g/mol. The van der Waals surface area contributed by atoms with Gasteiger partial charge in [0.2, 0.25) is 5.13 Å². The van der Waals surface area contributed by atoms with Gasteiger partial charge in [-0.15, -0.1) is 10.2 Å². The number of anilines is 1. The van der Waals surface area contributed by atoms with Crippen LogP contribution < -0.4 is 14.8 Å². The number of hydrogen-bond donors (Lipinski definition) is 2. The molecule has 0 unspecified atom stereocenters. The van der Waals surface area contributed by atoms with Gasteiger partial charge in [0.1, 0.15) is 10.8 Å². The average molecular weight is 571 g/mol. The SMILES string of the molecule is CCOc1cc(C(F)(F)F)ccc1C(=O)NCC(C)(C)c1ccc(S(=O)(=O)Nc2nnc(C(C)C)s2)cc1. The minimum Gasteiger partial charge on any atom is -0.493 e. The van der Waals surface area contributed by atoms with E-state index < -0.39 is 33.1 Å². The molecule has 0 aliphatic heterocycles. The molecule has 0 atom stereocenters. The highest BCUT2D eigenvalue weighted by atomic mass is 32.2. The van der Waals surface area contributed by atoms with Gasteiger partial charge in [-0.1, -0.05) is 51.2 Å². The molecule has 206 valence electrons. The molecule has 3 aromatic rings. The van der Waals surface area contributed by atoms with Gasteiger partial charge in [-0.25, -0.2) is 8.42 Å². The first kappa shape index (κ1) is 29.4. The number of hydrogen-bond acceptors (Lipinski definition) is 7. The van der Waals surface area contributed by atoms with E-state index in [2.05, 4.69) is 20.2 Å². The molecule has 38 heavy (non-hydrogen) atoms. The van der Waals surface area contributed by atoms with Gasteiger partial charge in [0.15, 0.2) is 0 Å². The molecule has 0 fully saturated rings. The maximum Gasteiger partial charge on any atom is 0.416 e. The fourth-order valence-electron chi connectivity index (χ4n) is 3.43. The fraction of sp³-hybridized carbons (Fsp3) is 0.400. The van der Waals surface area contributed by atoms with E-state index in [0.29, 0.717) is 5.01 Å². The Labute approximate surface area is 223 Å². The highest BCUT2D eigenvalue weighted by Crippen LogP contribution is 2.33. The first-order valence-electron chi connectivity index (χ1n) is 11.7. The van der Waals surface area contributed by atoms with Gasteiger partial charge in [-0.2, -0.15) is 13.2 Å². The number of benzene rings is 2. The molecule has 0 spiro atoms. The molecule has 8 nitrogen and oxygen atoms in total. The summed E-state index contributed by atoms with van der Waals surface area (Å²) in [5, 5.41) is 11.5. The van der Waals surface area contributed by atoms with Crippen LogP contribution >= 0.6 is 11.3 Å². The summed E-state index contributed by atoms with van der Waals surface area (Å²) in [6.07, 6.45) is -4.56. The Morgan fingerprint density at radius 1 is 1.05 bits per heavy atom. The van der Waals surface area contributed by atoms with E-state index in [1.165, 1.54) is 23.5 Å². The van der Waals surface area contributed by atoms with Gasteiger partial charge in [0.25, 0.3) is 15.9 Å². The number of carbonyl (C=O) groups is 1. The van der Waals surface area contributed by atoms with Gasteiger partial charge in [0, 0.05) is 17.9 Å². The maximum absolute atomic E-state index is 13.1. The van der Waals surface area contributed by atoms with Crippen molar-refractivity contribution < 1.29 is 31.1 Å². The largest absolute Gasteiger partial charge is 0.493 e. The normalized spacial score (nSPS) is 12.4. The molecule has 0 aliphatic rings. The number of halogens is 3. The second-order valence-corrected chi connectivity index (χ2v) is 12.1. The lowest BCUT2D eigenvalue weighted by Crippen LogP contribution is -2.37. The smallest absolute Gasteiger partial charge is 0.416 e. The summed E-state index contributed by atoms with van der Waals surface area (Å²) in [5.41, 5.74) is -0.810. The number of carbonyl (C=O) groups excluding carboxylic acids is 1. The van der Waals surface area contributed by atoms with Crippen molar-refractivity contribution in [3.63, 3.8) is 0 Å². The third-order valence-electron chi connectivity index (χ3n) is 5.65. The highest BCUT2D eigenvalue weighted by Gasteiger charge is 2.32. The minimum absolute atomic E-state index is 0.0135. The molecule has 0 radical (unpaired) electrons. The zero-order valence-corrected chi connectivity index (χ0v) is 23.1. The fourth-order valence-corrected chi connectivity index (χ4v) is 5.40. The highest BCUT2D eigenvalue weighted by molar-refractivity contribution is 7.93. The topological polar surface area (TPSA) is 110 Å². The second-order valence-electron chi connectivity index (χ2n) is 9.44. The number of alkyl halides is 3. The Morgan fingerprint density at radius 2 is 1.68 bits per heavy atom. The van der Waals surface area contributed by atoms with E-state index in [1.807, 2.05) is 27.7 Å². The van der Waals surface area contributed by atoms with Gasteiger partial charge in [-0.05, 0) is 42.8 Å². The van der Waals surface area contributed by atoms with Crippen LogP contribution in [0.3, 0.4) is 0 Å². The van der Waals surface area contributed by atoms with Crippen LogP contribution in [0.15, 0.2) is 47.4 Å². The molecule has 0 aliphatic carbocycles. The van der Waals surface area contributed by atoms with Gasteiger partial charge in [0.05, 0.1) is 22.6 Å². The summed E-state index contributed by atoms with van der Waals surface area (Å²) >= 11 is 1.17. The van der Waals surface area contributed by atoms with Crippen LogP contribution in [0.5, 0.6) is 5.75 Å². The zero-order valence-electron chi connectivity index (χ0n) is 21.5. The molecule has 2 aromatic carbocycles. The van der Waals surface area contributed by atoms with Crippen LogP contribution in [0.25, 0.3) is 0 Å². The molecule has 3 rings (SSSR count). The third kappa shape index (κ3) is 7.01. The molecule has 2 N–H and O–H groups in total. The quantitative estimate of drug-likeness (QED) is 0.329. The molecule has 0 bridgehead atoms. The predicted octanol–water partition coefficient (Wildman–Crippen LogP) is 5.59. The molecule has 1 heterocycles. The maximum atomic E-state index is 13.1. The van der Waals surface area contributed by atoms with Gasteiger partial charge >= 0.3 is 6.18 Å². The summed E-state index contributed by atoms with van der Waals surface area (Å²) in [4.78, 5) is 12.8. The lowest BCUT2D eigenvalue weighted by Gasteiger charge is -2.26. The number of nitrogens with zero attached hydrogens (tertiary/aromatic N) is 2. The van der Waals surface area contributed by atoms with Crippen LogP contribution in [0.2, 0.25) is 0 Å². The summed E-state index contributed by atoms with van der Waals surface area (Å²) in [5.74, 6) is -0.620. The molecule has 1 aromatic heterocycles. The molecule has 13 heteroatoms. The average Bonchev–Trinajstić information content (AvgIpc) is 3.30. The second kappa shape index (κ2) is 11.3. The van der Waals surface area contributed by atoms with Crippen LogP contribution in [0.4, 0.5) is 18.3 Å². The number of rotatable bonds is 10. The van der Waals surface area contributed by atoms with E-state index in [4.69, 9.17) is 4.74 Å². The van der Waals surface area contributed by atoms with Gasteiger partial charge in [-0.3, -0.25) is 9.52 Å². The van der Waals surface area contributed by atoms with Crippen molar-refractivity contribution >= 4 is 32.4 Å². The summed E-state index contributed by atoms with van der Waals surface area (Å²) in [6.45, 7) is 9.40.